The Hall–Kier alpha value is -2.09. The summed E-state index contributed by atoms with van der Waals surface area (Å²) in [5.74, 6) is 0.264. The van der Waals surface area contributed by atoms with Gasteiger partial charge in [0.25, 0.3) is 0 Å². The summed E-state index contributed by atoms with van der Waals surface area (Å²) in [7, 11) is -2.47. The maximum atomic E-state index is 13.4. The summed E-state index contributed by atoms with van der Waals surface area (Å²) in [6.45, 7) is 2.17. The number of pyridine rings is 1. The molecular formula is C18H17Cl2N3O3S. The first-order valence-corrected chi connectivity index (χ1v) is 10.3. The summed E-state index contributed by atoms with van der Waals surface area (Å²) in [6, 6.07) is 7.86. The van der Waals surface area contributed by atoms with E-state index in [4.69, 9.17) is 27.9 Å². The maximum Gasteiger partial charge on any atom is 0.237 e. The fraction of sp³-hybridized carbons (Fsp3) is 0.222. The number of nitrogens with zero attached hydrogens (tertiary/aromatic N) is 3. The van der Waals surface area contributed by atoms with E-state index in [1.807, 2.05) is 19.1 Å². The molecule has 0 bridgehead atoms. The highest BCUT2D eigenvalue weighted by Crippen LogP contribution is 2.34. The van der Waals surface area contributed by atoms with E-state index in [1.165, 1.54) is 30.0 Å². The Morgan fingerprint density at radius 1 is 1.11 bits per heavy atom. The molecule has 0 amide bonds. The van der Waals surface area contributed by atoms with Crippen LogP contribution in [0.25, 0.3) is 0 Å². The third-order valence-electron chi connectivity index (χ3n) is 3.99. The Labute approximate surface area is 167 Å². The molecule has 0 fully saturated rings. The van der Waals surface area contributed by atoms with E-state index in [9.17, 15) is 8.42 Å². The van der Waals surface area contributed by atoms with E-state index < -0.39 is 9.84 Å². The minimum Gasteiger partial charge on any atom is -0.480 e. The van der Waals surface area contributed by atoms with Crippen molar-refractivity contribution in [2.24, 2.45) is 0 Å². The summed E-state index contributed by atoms with van der Waals surface area (Å²) in [4.78, 5) is 4.00. The van der Waals surface area contributed by atoms with Crippen LogP contribution in [0.5, 0.6) is 5.88 Å². The third-order valence-corrected chi connectivity index (χ3v) is 6.25. The van der Waals surface area contributed by atoms with Crippen LogP contribution >= 0.6 is 23.2 Å². The van der Waals surface area contributed by atoms with E-state index >= 15 is 0 Å². The number of ether oxygens (including phenoxy) is 1. The largest absolute Gasteiger partial charge is 0.480 e. The van der Waals surface area contributed by atoms with Crippen molar-refractivity contribution in [3.05, 3.63) is 63.9 Å². The number of sulfone groups is 1. The molecule has 0 aliphatic rings. The molecule has 0 unspecified atom stereocenters. The molecule has 142 valence electrons. The first-order chi connectivity index (χ1) is 12.9. The topological polar surface area (TPSA) is 74.1 Å². The van der Waals surface area contributed by atoms with E-state index in [-0.39, 0.29) is 25.8 Å². The Bertz CT molecular complexity index is 1050. The molecule has 2 aromatic heterocycles. The fourth-order valence-corrected chi connectivity index (χ4v) is 5.17. The first kappa shape index (κ1) is 19.7. The van der Waals surface area contributed by atoms with Gasteiger partial charge in [-0.05, 0) is 42.8 Å². The van der Waals surface area contributed by atoms with Crippen LogP contribution in [-0.4, -0.2) is 30.3 Å². The van der Waals surface area contributed by atoms with Crippen molar-refractivity contribution < 1.29 is 13.2 Å². The highest BCUT2D eigenvalue weighted by Gasteiger charge is 2.30. The monoisotopic (exact) mass is 425 g/mol. The smallest absolute Gasteiger partial charge is 0.237 e. The minimum absolute atomic E-state index is 0.00762. The number of benzene rings is 1. The molecule has 0 atom stereocenters. The van der Waals surface area contributed by atoms with Crippen LogP contribution < -0.4 is 4.74 Å². The van der Waals surface area contributed by atoms with Gasteiger partial charge >= 0.3 is 0 Å². The van der Waals surface area contributed by atoms with Gasteiger partial charge in [0.15, 0.2) is 5.03 Å². The average Bonchev–Trinajstić information content (AvgIpc) is 3.00. The SMILES string of the molecule is CCn1nc(OC)c(Cc2ccncc2)c1S(=O)(=O)c1cc(Cl)cc(Cl)c1. The molecule has 0 saturated heterocycles. The van der Waals surface area contributed by atoms with Crippen molar-refractivity contribution in [1.82, 2.24) is 14.8 Å². The van der Waals surface area contributed by atoms with E-state index in [0.717, 1.165) is 5.56 Å². The predicted molar refractivity (Wildman–Crippen MR) is 103 cm³/mol. The van der Waals surface area contributed by atoms with Crippen LogP contribution in [0.4, 0.5) is 0 Å². The quantitative estimate of drug-likeness (QED) is 0.595. The Morgan fingerprint density at radius 2 is 1.74 bits per heavy atom. The van der Waals surface area contributed by atoms with Crippen LogP contribution in [-0.2, 0) is 22.8 Å². The number of methoxy groups -OCH3 is 1. The molecule has 0 N–H and O–H groups in total. The highest BCUT2D eigenvalue weighted by atomic mass is 35.5. The van der Waals surface area contributed by atoms with Crippen LogP contribution in [0, 0.1) is 0 Å². The average molecular weight is 426 g/mol. The second kappa shape index (κ2) is 7.88. The lowest BCUT2D eigenvalue weighted by Crippen LogP contribution is -2.12. The molecular weight excluding hydrogens is 409 g/mol. The van der Waals surface area contributed by atoms with Gasteiger partial charge < -0.3 is 4.74 Å². The predicted octanol–water partition coefficient (Wildman–Crippen LogP) is 4.04. The van der Waals surface area contributed by atoms with Crippen molar-refractivity contribution in [3.63, 3.8) is 0 Å². The zero-order chi connectivity index (χ0) is 19.6. The standard InChI is InChI=1S/C18H17Cl2N3O3S/c1-3-23-18(27(24,25)15-10-13(19)9-14(20)11-15)16(17(22-23)26-2)8-12-4-6-21-7-5-12/h4-7,9-11H,3,8H2,1-2H3. The van der Waals surface area contributed by atoms with Crippen molar-refractivity contribution >= 4 is 33.0 Å². The lowest BCUT2D eigenvalue weighted by molar-refractivity contribution is 0.386. The number of hydrogen-bond acceptors (Lipinski definition) is 5. The molecule has 0 saturated carbocycles. The van der Waals surface area contributed by atoms with Crippen LogP contribution in [0.1, 0.15) is 18.1 Å². The summed E-state index contributed by atoms with van der Waals surface area (Å²) >= 11 is 12.0. The fourth-order valence-electron chi connectivity index (χ4n) is 2.79. The zero-order valence-electron chi connectivity index (χ0n) is 14.7. The van der Waals surface area contributed by atoms with Gasteiger partial charge in [-0.1, -0.05) is 23.2 Å². The normalized spacial score (nSPS) is 11.6. The molecule has 3 rings (SSSR count). The van der Waals surface area contributed by atoms with Crippen molar-refractivity contribution in [3.8, 4) is 5.88 Å². The second-order valence-corrected chi connectivity index (χ2v) is 8.49. The van der Waals surface area contributed by atoms with E-state index in [0.29, 0.717) is 18.5 Å². The molecule has 0 spiro atoms. The summed E-state index contributed by atoms with van der Waals surface area (Å²) in [5, 5.41) is 4.86. The van der Waals surface area contributed by atoms with E-state index in [1.54, 1.807) is 12.4 Å². The molecule has 6 nitrogen and oxygen atoms in total. The Morgan fingerprint density at radius 3 is 2.30 bits per heavy atom. The number of aryl methyl sites for hydroxylation is 1. The van der Waals surface area contributed by atoms with Gasteiger partial charge in [-0.2, -0.15) is 0 Å². The number of hydrogen-bond donors (Lipinski definition) is 0. The minimum atomic E-state index is -3.93. The van der Waals surface area contributed by atoms with Crippen molar-refractivity contribution in [2.45, 2.75) is 29.8 Å². The molecule has 3 aromatic rings. The van der Waals surface area contributed by atoms with Crippen molar-refractivity contribution in [1.29, 1.82) is 0 Å². The number of aromatic nitrogens is 3. The summed E-state index contributed by atoms with van der Waals surface area (Å²) in [6.07, 6.45) is 3.63. The van der Waals surface area contributed by atoms with Crippen molar-refractivity contribution in [2.75, 3.05) is 7.11 Å². The maximum absolute atomic E-state index is 13.4. The van der Waals surface area contributed by atoms with Gasteiger partial charge in [-0.25, -0.2) is 8.42 Å². The van der Waals surface area contributed by atoms with Crippen LogP contribution in [0.2, 0.25) is 10.0 Å². The molecule has 0 aliphatic heterocycles. The molecule has 9 heteroatoms. The molecule has 0 radical (unpaired) electrons. The van der Waals surface area contributed by atoms with Gasteiger partial charge in [0.1, 0.15) is 0 Å². The summed E-state index contributed by atoms with van der Waals surface area (Å²) in [5.41, 5.74) is 1.36. The lowest BCUT2D eigenvalue weighted by Gasteiger charge is -2.10. The Balaban J connectivity index is 2.22. The number of halogens is 2. The van der Waals surface area contributed by atoms with Gasteiger partial charge in [-0.15, -0.1) is 5.10 Å². The van der Waals surface area contributed by atoms with E-state index in [2.05, 4.69) is 10.1 Å². The van der Waals surface area contributed by atoms with Gasteiger partial charge in [-0.3, -0.25) is 9.67 Å². The van der Waals surface area contributed by atoms with Crippen LogP contribution in [0.3, 0.4) is 0 Å². The molecule has 27 heavy (non-hydrogen) atoms. The molecule has 0 aliphatic carbocycles. The Kier molecular flexibility index (Phi) is 5.74. The third kappa shape index (κ3) is 3.95. The first-order valence-electron chi connectivity index (χ1n) is 8.10. The second-order valence-electron chi connectivity index (χ2n) is 5.75. The zero-order valence-corrected chi connectivity index (χ0v) is 17.0. The van der Waals surface area contributed by atoms with Gasteiger partial charge in [0.2, 0.25) is 15.7 Å². The van der Waals surface area contributed by atoms with Gasteiger partial charge in [0.05, 0.1) is 17.6 Å². The lowest BCUT2D eigenvalue weighted by atomic mass is 10.1. The highest BCUT2D eigenvalue weighted by molar-refractivity contribution is 7.91. The molecule has 2 heterocycles. The molecule has 1 aromatic carbocycles. The summed E-state index contributed by atoms with van der Waals surface area (Å²) < 4.78 is 33.6. The van der Waals surface area contributed by atoms with Gasteiger partial charge in [0, 0.05) is 35.4 Å². The van der Waals surface area contributed by atoms with Crippen LogP contribution in [0.15, 0.2) is 52.6 Å². The number of rotatable bonds is 6.